The summed E-state index contributed by atoms with van der Waals surface area (Å²) in [6.45, 7) is 6.26. The molecule has 0 saturated carbocycles. The highest BCUT2D eigenvalue weighted by Gasteiger charge is 2.26. The van der Waals surface area contributed by atoms with E-state index in [0.29, 0.717) is 30.1 Å². The fourth-order valence-corrected chi connectivity index (χ4v) is 2.41. The van der Waals surface area contributed by atoms with Crippen LogP contribution in [0.2, 0.25) is 0 Å². The van der Waals surface area contributed by atoms with Crippen LogP contribution in [-0.2, 0) is 4.74 Å². The summed E-state index contributed by atoms with van der Waals surface area (Å²) in [4.78, 5) is 11.6. The second-order valence-corrected chi connectivity index (χ2v) is 4.91. The third kappa shape index (κ3) is 3.66. The topological polar surface area (TPSA) is 76.1 Å². The van der Waals surface area contributed by atoms with Crippen LogP contribution in [0.4, 0.5) is 5.82 Å². The van der Waals surface area contributed by atoms with E-state index >= 15 is 0 Å². The molecular weight excluding hydrogens is 256 g/mol. The Morgan fingerprint density at radius 2 is 2.25 bits per heavy atom. The monoisotopic (exact) mass is 278 g/mol. The molecule has 1 fully saturated rings. The molecule has 2 heterocycles. The van der Waals surface area contributed by atoms with Crippen LogP contribution in [0.15, 0.2) is 12.1 Å². The van der Waals surface area contributed by atoms with Gasteiger partial charge in [-0.15, -0.1) is 10.2 Å². The Balaban J connectivity index is 1.86. The molecule has 1 aliphatic heterocycles. The van der Waals surface area contributed by atoms with Crippen molar-refractivity contribution >= 4 is 11.7 Å². The fourth-order valence-electron chi connectivity index (χ4n) is 2.41. The summed E-state index contributed by atoms with van der Waals surface area (Å²) in [5.41, 5.74) is 0.341. The lowest BCUT2D eigenvalue weighted by molar-refractivity contribution is 0.0900. The zero-order chi connectivity index (χ0) is 14.4. The van der Waals surface area contributed by atoms with Gasteiger partial charge in [-0.3, -0.25) is 4.79 Å². The van der Waals surface area contributed by atoms with E-state index in [1.54, 1.807) is 12.1 Å². The third-order valence-electron chi connectivity index (χ3n) is 3.53. The molecule has 1 aromatic rings. The molecule has 1 aliphatic rings. The van der Waals surface area contributed by atoms with Crippen LogP contribution >= 0.6 is 0 Å². The average molecular weight is 278 g/mol. The molecule has 20 heavy (non-hydrogen) atoms. The van der Waals surface area contributed by atoms with Crippen molar-refractivity contribution in [2.45, 2.75) is 32.8 Å². The molecule has 1 aromatic heterocycles. The molecule has 0 bridgehead atoms. The second-order valence-electron chi connectivity index (χ2n) is 4.91. The number of rotatable bonds is 6. The zero-order valence-electron chi connectivity index (χ0n) is 12.1. The molecule has 110 valence electrons. The van der Waals surface area contributed by atoms with E-state index in [-0.39, 0.29) is 5.91 Å². The first-order valence-corrected chi connectivity index (χ1v) is 7.22. The van der Waals surface area contributed by atoms with Crippen molar-refractivity contribution < 1.29 is 9.53 Å². The lowest BCUT2D eigenvalue weighted by Crippen LogP contribution is -2.25. The molecule has 1 amide bonds. The van der Waals surface area contributed by atoms with Gasteiger partial charge in [-0.25, -0.2) is 0 Å². The predicted octanol–water partition coefficient (Wildman–Crippen LogP) is 1.45. The van der Waals surface area contributed by atoms with Gasteiger partial charge in [0.25, 0.3) is 5.91 Å². The third-order valence-corrected chi connectivity index (χ3v) is 3.53. The minimum atomic E-state index is -0.193. The lowest BCUT2D eigenvalue weighted by atomic mass is 10.00. The van der Waals surface area contributed by atoms with E-state index in [2.05, 4.69) is 27.8 Å². The summed E-state index contributed by atoms with van der Waals surface area (Å²) in [5.74, 6) is 1.02. The minimum absolute atomic E-state index is 0.193. The van der Waals surface area contributed by atoms with Gasteiger partial charge in [0.15, 0.2) is 5.69 Å². The molecule has 1 saturated heterocycles. The smallest absolute Gasteiger partial charge is 0.271 e. The van der Waals surface area contributed by atoms with E-state index in [4.69, 9.17) is 4.74 Å². The Bertz CT molecular complexity index is 435. The van der Waals surface area contributed by atoms with E-state index < -0.39 is 0 Å². The molecule has 6 heteroatoms. The molecule has 0 spiro atoms. The number of hydrogen-bond donors (Lipinski definition) is 2. The number of ether oxygens (including phenoxy) is 1. The van der Waals surface area contributed by atoms with Crippen molar-refractivity contribution in [1.29, 1.82) is 0 Å². The molecular formula is C14H22N4O2. The van der Waals surface area contributed by atoms with Crippen LogP contribution in [-0.4, -0.2) is 41.9 Å². The number of carbonyl (C=O) groups excluding carboxylic acids is 1. The number of anilines is 1. The lowest BCUT2D eigenvalue weighted by Gasteiger charge is -2.17. The predicted molar refractivity (Wildman–Crippen MR) is 76.7 cm³/mol. The van der Waals surface area contributed by atoms with Crippen molar-refractivity contribution in [3.05, 3.63) is 17.8 Å². The Labute approximate surface area is 119 Å². The average Bonchev–Trinajstić information content (AvgIpc) is 2.93. The van der Waals surface area contributed by atoms with Gasteiger partial charge in [0.1, 0.15) is 5.82 Å². The number of carbonyl (C=O) groups is 1. The van der Waals surface area contributed by atoms with Crippen molar-refractivity contribution in [3.8, 4) is 0 Å². The highest BCUT2D eigenvalue weighted by atomic mass is 16.5. The molecule has 6 nitrogen and oxygen atoms in total. The number of nitrogens with one attached hydrogen (secondary N) is 2. The zero-order valence-corrected chi connectivity index (χ0v) is 12.1. The van der Waals surface area contributed by atoms with Crippen LogP contribution in [0, 0.1) is 5.92 Å². The van der Waals surface area contributed by atoms with Crippen LogP contribution in [0.5, 0.6) is 0 Å². The van der Waals surface area contributed by atoms with Crippen LogP contribution in [0.3, 0.4) is 0 Å². The standard InChI is InChI=1S/C14H22N4O2/c1-3-12-10(7-8-20-12)9-16-13-6-5-11(17-18-13)14(19)15-4-2/h5-6,10,12H,3-4,7-9H2,1-2H3,(H,15,19)(H,16,18). The molecule has 0 aromatic carbocycles. The highest BCUT2D eigenvalue weighted by Crippen LogP contribution is 2.23. The maximum atomic E-state index is 11.6. The van der Waals surface area contributed by atoms with Gasteiger partial charge in [0.2, 0.25) is 0 Å². The van der Waals surface area contributed by atoms with Crippen molar-refractivity contribution in [1.82, 2.24) is 15.5 Å². The molecule has 0 radical (unpaired) electrons. The summed E-state index contributed by atoms with van der Waals surface area (Å²) in [6.07, 6.45) is 2.45. The van der Waals surface area contributed by atoms with Gasteiger partial charge in [0, 0.05) is 25.6 Å². The molecule has 2 N–H and O–H groups in total. The molecule has 0 aliphatic carbocycles. The first kappa shape index (κ1) is 14.7. The number of hydrogen-bond acceptors (Lipinski definition) is 5. The van der Waals surface area contributed by atoms with E-state index in [0.717, 1.165) is 26.0 Å². The Morgan fingerprint density at radius 1 is 1.40 bits per heavy atom. The van der Waals surface area contributed by atoms with Crippen molar-refractivity contribution in [2.24, 2.45) is 5.92 Å². The van der Waals surface area contributed by atoms with Crippen molar-refractivity contribution in [3.63, 3.8) is 0 Å². The van der Waals surface area contributed by atoms with Gasteiger partial charge in [-0.05, 0) is 31.9 Å². The van der Waals surface area contributed by atoms with Gasteiger partial charge < -0.3 is 15.4 Å². The van der Waals surface area contributed by atoms with E-state index in [9.17, 15) is 4.79 Å². The summed E-state index contributed by atoms with van der Waals surface area (Å²) >= 11 is 0. The van der Waals surface area contributed by atoms with Crippen LogP contribution in [0.1, 0.15) is 37.2 Å². The molecule has 2 unspecified atom stereocenters. The van der Waals surface area contributed by atoms with Gasteiger partial charge in [0.05, 0.1) is 6.10 Å². The van der Waals surface area contributed by atoms with Crippen molar-refractivity contribution in [2.75, 3.05) is 25.0 Å². The first-order valence-electron chi connectivity index (χ1n) is 7.22. The number of nitrogens with zero attached hydrogens (tertiary/aromatic N) is 2. The first-order chi connectivity index (χ1) is 9.74. The Kier molecular flexibility index (Phi) is 5.29. The number of amides is 1. The highest BCUT2D eigenvalue weighted by molar-refractivity contribution is 5.92. The summed E-state index contributed by atoms with van der Waals surface area (Å²) in [6, 6.07) is 3.47. The second kappa shape index (κ2) is 7.19. The number of aromatic nitrogens is 2. The maximum absolute atomic E-state index is 11.6. The normalized spacial score (nSPS) is 21.7. The van der Waals surface area contributed by atoms with Crippen LogP contribution in [0.25, 0.3) is 0 Å². The Morgan fingerprint density at radius 3 is 2.90 bits per heavy atom. The summed E-state index contributed by atoms with van der Waals surface area (Å²) < 4.78 is 5.65. The van der Waals surface area contributed by atoms with Gasteiger partial charge in [-0.2, -0.15) is 0 Å². The SMILES string of the molecule is CCNC(=O)c1ccc(NCC2CCOC2CC)nn1. The Hall–Kier alpha value is -1.69. The largest absolute Gasteiger partial charge is 0.378 e. The van der Waals surface area contributed by atoms with E-state index in [1.807, 2.05) is 6.92 Å². The molecule has 2 rings (SSSR count). The quantitative estimate of drug-likeness (QED) is 0.823. The summed E-state index contributed by atoms with van der Waals surface area (Å²) in [7, 11) is 0. The van der Waals surface area contributed by atoms with Gasteiger partial charge in [-0.1, -0.05) is 6.92 Å². The maximum Gasteiger partial charge on any atom is 0.271 e. The van der Waals surface area contributed by atoms with E-state index in [1.165, 1.54) is 0 Å². The minimum Gasteiger partial charge on any atom is -0.378 e. The fraction of sp³-hybridized carbons (Fsp3) is 0.643. The van der Waals surface area contributed by atoms with Crippen LogP contribution < -0.4 is 10.6 Å². The molecule has 2 atom stereocenters. The summed E-state index contributed by atoms with van der Waals surface area (Å²) in [5, 5.41) is 13.9. The van der Waals surface area contributed by atoms with Gasteiger partial charge >= 0.3 is 0 Å².